The van der Waals surface area contributed by atoms with Crippen molar-refractivity contribution in [3.8, 4) is 0 Å². The van der Waals surface area contributed by atoms with Gasteiger partial charge < -0.3 is 11.1 Å². The number of carbonyl (C=O) groups is 1. The molecule has 0 radical (unpaired) electrons. The highest BCUT2D eigenvalue weighted by molar-refractivity contribution is 7.88. The SMILES string of the molecule is CS(=O)(=O)N1CCC(NC(=O)c2cc(N)cnc2Cl)CC1. The highest BCUT2D eigenvalue weighted by Crippen LogP contribution is 2.18. The van der Waals surface area contributed by atoms with Gasteiger partial charge in [0.1, 0.15) is 5.15 Å². The van der Waals surface area contributed by atoms with Crippen molar-refractivity contribution < 1.29 is 13.2 Å². The summed E-state index contributed by atoms with van der Waals surface area (Å²) < 4.78 is 24.2. The maximum absolute atomic E-state index is 12.1. The van der Waals surface area contributed by atoms with Crippen LogP contribution in [0, 0.1) is 0 Å². The zero-order valence-electron chi connectivity index (χ0n) is 11.5. The molecule has 1 aliphatic heterocycles. The molecule has 0 aromatic carbocycles. The number of hydrogen-bond donors (Lipinski definition) is 2. The molecule has 21 heavy (non-hydrogen) atoms. The average Bonchev–Trinajstić information content (AvgIpc) is 2.41. The molecule has 9 heteroatoms. The van der Waals surface area contributed by atoms with Gasteiger partial charge in [0.2, 0.25) is 10.0 Å². The Morgan fingerprint density at radius 2 is 2.10 bits per heavy atom. The van der Waals surface area contributed by atoms with Gasteiger partial charge in [-0.15, -0.1) is 0 Å². The van der Waals surface area contributed by atoms with Gasteiger partial charge in [0.25, 0.3) is 5.91 Å². The van der Waals surface area contributed by atoms with E-state index in [1.54, 1.807) is 0 Å². The number of nitrogens with one attached hydrogen (secondary N) is 1. The fourth-order valence-electron chi connectivity index (χ4n) is 2.22. The Kier molecular flexibility index (Phi) is 4.70. The number of sulfonamides is 1. The van der Waals surface area contributed by atoms with Gasteiger partial charge in [0.05, 0.1) is 23.7 Å². The summed E-state index contributed by atoms with van der Waals surface area (Å²) in [6, 6.07) is 1.38. The summed E-state index contributed by atoms with van der Waals surface area (Å²) in [5.74, 6) is -0.349. The normalized spacial score (nSPS) is 17.6. The molecule has 7 nitrogen and oxygen atoms in total. The zero-order chi connectivity index (χ0) is 15.6. The molecular weight excluding hydrogens is 316 g/mol. The molecule has 0 unspecified atom stereocenters. The van der Waals surface area contributed by atoms with Crippen molar-refractivity contribution in [3.05, 3.63) is 23.0 Å². The maximum Gasteiger partial charge on any atom is 0.254 e. The van der Waals surface area contributed by atoms with Crippen molar-refractivity contribution >= 4 is 33.2 Å². The summed E-state index contributed by atoms with van der Waals surface area (Å²) >= 11 is 5.88. The summed E-state index contributed by atoms with van der Waals surface area (Å²) in [6.07, 6.45) is 3.69. The van der Waals surface area contributed by atoms with Gasteiger partial charge in [-0.25, -0.2) is 17.7 Å². The fourth-order valence-corrected chi connectivity index (χ4v) is 3.28. The van der Waals surface area contributed by atoms with E-state index < -0.39 is 10.0 Å². The Bertz CT molecular complexity index is 642. The zero-order valence-corrected chi connectivity index (χ0v) is 13.1. The molecule has 2 rings (SSSR count). The molecule has 1 fully saturated rings. The van der Waals surface area contributed by atoms with E-state index in [2.05, 4.69) is 10.3 Å². The minimum absolute atomic E-state index is 0.0898. The van der Waals surface area contributed by atoms with E-state index >= 15 is 0 Å². The molecule has 116 valence electrons. The van der Waals surface area contributed by atoms with Crippen LogP contribution in [0.1, 0.15) is 23.2 Å². The second-order valence-corrected chi connectivity index (χ2v) is 7.36. The van der Waals surface area contributed by atoms with Gasteiger partial charge in [-0.1, -0.05) is 11.6 Å². The highest BCUT2D eigenvalue weighted by atomic mass is 35.5. The van der Waals surface area contributed by atoms with Crippen LogP contribution in [-0.2, 0) is 10.0 Å². The molecule has 1 aromatic rings. The molecule has 1 amide bonds. The number of amides is 1. The van der Waals surface area contributed by atoms with Crippen molar-refractivity contribution in [1.82, 2.24) is 14.6 Å². The predicted octanol–water partition coefficient (Wildman–Crippen LogP) is 0.471. The maximum atomic E-state index is 12.1. The van der Waals surface area contributed by atoms with E-state index in [-0.39, 0.29) is 22.7 Å². The van der Waals surface area contributed by atoms with Gasteiger partial charge in [0, 0.05) is 19.1 Å². The topological polar surface area (TPSA) is 105 Å². The van der Waals surface area contributed by atoms with Crippen LogP contribution in [0.3, 0.4) is 0 Å². The molecule has 0 spiro atoms. The van der Waals surface area contributed by atoms with Crippen LogP contribution in [0.5, 0.6) is 0 Å². The summed E-state index contributed by atoms with van der Waals surface area (Å²) in [5, 5.41) is 2.93. The Hall–Kier alpha value is -1.38. The van der Waals surface area contributed by atoms with Gasteiger partial charge in [-0.2, -0.15) is 0 Å². The first-order valence-electron chi connectivity index (χ1n) is 6.44. The minimum atomic E-state index is -3.17. The van der Waals surface area contributed by atoms with Gasteiger partial charge in [-0.05, 0) is 18.9 Å². The molecule has 1 aromatic heterocycles. The number of nitrogens with zero attached hydrogens (tertiary/aromatic N) is 2. The summed E-state index contributed by atoms with van der Waals surface area (Å²) in [5.41, 5.74) is 6.17. The summed E-state index contributed by atoms with van der Waals surface area (Å²) in [6.45, 7) is 0.791. The number of pyridine rings is 1. The van der Waals surface area contributed by atoms with Crippen molar-refractivity contribution in [1.29, 1.82) is 0 Å². The van der Waals surface area contributed by atoms with Crippen LogP contribution in [0.2, 0.25) is 5.15 Å². The lowest BCUT2D eigenvalue weighted by Gasteiger charge is -2.30. The van der Waals surface area contributed by atoms with Crippen LogP contribution in [0.4, 0.5) is 5.69 Å². The number of anilines is 1. The molecule has 1 saturated heterocycles. The third-order valence-corrected chi connectivity index (χ3v) is 4.97. The number of hydrogen-bond acceptors (Lipinski definition) is 5. The third-order valence-electron chi connectivity index (χ3n) is 3.36. The molecule has 1 aliphatic rings. The first kappa shape index (κ1) is 16.0. The van der Waals surface area contributed by atoms with E-state index in [1.807, 2.05) is 0 Å². The van der Waals surface area contributed by atoms with Crippen LogP contribution in [0.15, 0.2) is 12.3 Å². The Morgan fingerprint density at radius 3 is 2.67 bits per heavy atom. The average molecular weight is 333 g/mol. The Labute approximate surface area is 128 Å². The molecule has 3 N–H and O–H groups in total. The van der Waals surface area contributed by atoms with Crippen LogP contribution in [0.25, 0.3) is 0 Å². The van der Waals surface area contributed by atoms with Crippen molar-refractivity contribution in [3.63, 3.8) is 0 Å². The Morgan fingerprint density at radius 1 is 1.48 bits per heavy atom. The summed E-state index contributed by atoms with van der Waals surface area (Å²) in [7, 11) is -3.17. The minimum Gasteiger partial charge on any atom is -0.397 e. The predicted molar refractivity (Wildman–Crippen MR) is 80.6 cm³/mol. The lowest BCUT2D eigenvalue weighted by atomic mass is 10.1. The monoisotopic (exact) mass is 332 g/mol. The van der Waals surface area contributed by atoms with Crippen molar-refractivity contribution in [2.24, 2.45) is 0 Å². The van der Waals surface area contributed by atoms with E-state index in [0.29, 0.717) is 31.6 Å². The summed E-state index contributed by atoms with van der Waals surface area (Å²) in [4.78, 5) is 16.0. The molecular formula is C12H17ClN4O3S. The van der Waals surface area contributed by atoms with Gasteiger partial charge in [0.15, 0.2) is 0 Å². The van der Waals surface area contributed by atoms with Crippen LogP contribution in [-0.4, -0.2) is 49.0 Å². The Balaban J connectivity index is 1.97. The second kappa shape index (κ2) is 6.17. The number of nitrogen functional groups attached to an aromatic ring is 1. The van der Waals surface area contributed by atoms with E-state index in [0.717, 1.165) is 0 Å². The van der Waals surface area contributed by atoms with E-state index in [9.17, 15) is 13.2 Å². The highest BCUT2D eigenvalue weighted by Gasteiger charge is 2.26. The number of carbonyl (C=O) groups excluding carboxylic acids is 1. The number of halogens is 1. The number of nitrogens with two attached hydrogens (primary N) is 1. The first-order valence-corrected chi connectivity index (χ1v) is 8.67. The number of piperidine rings is 1. The number of aromatic nitrogens is 1. The molecule has 0 bridgehead atoms. The van der Waals surface area contributed by atoms with Gasteiger partial charge >= 0.3 is 0 Å². The molecule has 0 saturated carbocycles. The number of rotatable bonds is 3. The molecule has 0 atom stereocenters. The van der Waals surface area contributed by atoms with E-state index in [1.165, 1.54) is 22.8 Å². The molecule has 0 aliphatic carbocycles. The van der Waals surface area contributed by atoms with E-state index in [4.69, 9.17) is 17.3 Å². The largest absolute Gasteiger partial charge is 0.397 e. The standard InChI is InChI=1S/C12H17ClN4O3S/c1-21(19,20)17-4-2-9(3-5-17)16-12(18)10-6-8(14)7-15-11(10)13/h6-7,9H,2-5,14H2,1H3,(H,16,18). The quantitative estimate of drug-likeness (QED) is 0.783. The van der Waals surface area contributed by atoms with Crippen molar-refractivity contribution in [2.75, 3.05) is 25.1 Å². The second-order valence-electron chi connectivity index (χ2n) is 5.02. The smallest absolute Gasteiger partial charge is 0.254 e. The van der Waals surface area contributed by atoms with Crippen LogP contribution >= 0.6 is 11.6 Å². The fraction of sp³-hybridized carbons (Fsp3) is 0.500. The third kappa shape index (κ3) is 4.05. The van der Waals surface area contributed by atoms with Crippen molar-refractivity contribution in [2.45, 2.75) is 18.9 Å². The first-order chi connectivity index (χ1) is 9.77. The lowest BCUT2D eigenvalue weighted by molar-refractivity contribution is 0.0924. The lowest BCUT2D eigenvalue weighted by Crippen LogP contribution is -2.46. The van der Waals surface area contributed by atoms with Crippen LogP contribution < -0.4 is 11.1 Å². The molecule has 2 heterocycles. The van der Waals surface area contributed by atoms with Gasteiger partial charge in [-0.3, -0.25) is 4.79 Å².